The number of hydrogen-bond donors (Lipinski definition) is 2. The fourth-order valence-electron chi connectivity index (χ4n) is 2.84. The van der Waals surface area contributed by atoms with Gasteiger partial charge in [0.1, 0.15) is 11.6 Å². The third-order valence-electron chi connectivity index (χ3n) is 4.27. The second kappa shape index (κ2) is 7.45. The summed E-state index contributed by atoms with van der Waals surface area (Å²) in [5.74, 6) is -2.40. The van der Waals surface area contributed by atoms with Gasteiger partial charge in [-0.15, -0.1) is 0 Å². The zero-order valence-electron chi connectivity index (χ0n) is 14.2. The smallest absolute Gasteiger partial charge is 0.358 e. The first-order valence-corrected chi connectivity index (χ1v) is 9.71. The number of aromatic carboxylic acids is 1. The molecule has 27 heavy (non-hydrogen) atoms. The molecule has 0 saturated carbocycles. The minimum Gasteiger partial charge on any atom is -0.505 e. The third kappa shape index (κ3) is 4.32. The van der Waals surface area contributed by atoms with Crippen LogP contribution in [0.5, 0.6) is 5.75 Å². The predicted octanol–water partition coefficient (Wildman–Crippen LogP) is 2.24. The molecule has 2 N–H and O–H groups in total. The van der Waals surface area contributed by atoms with Gasteiger partial charge < -0.3 is 10.2 Å². The number of nitrogens with zero attached hydrogens (tertiary/aromatic N) is 2. The normalized spacial score (nSPS) is 15.4. The van der Waals surface area contributed by atoms with Crippen LogP contribution in [0.15, 0.2) is 42.6 Å². The minimum atomic E-state index is -3.56. The van der Waals surface area contributed by atoms with Crippen molar-refractivity contribution in [3.05, 3.63) is 65.2 Å². The summed E-state index contributed by atoms with van der Waals surface area (Å²) in [6, 6.07) is 6.64. The van der Waals surface area contributed by atoms with Crippen molar-refractivity contribution >= 4 is 21.6 Å². The second-order valence-corrected chi connectivity index (χ2v) is 8.09. The van der Waals surface area contributed by atoms with Gasteiger partial charge in [-0.3, -0.25) is 0 Å². The van der Waals surface area contributed by atoms with Crippen molar-refractivity contribution in [1.29, 1.82) is 0 Å². The lowest BCUT2D eigenvalue weighted by molar-refractivity contribution is 0.0687. The van der Waals surface area contributed by atoms with E-state index in [0.29, 0.717) is 17.5 Å². The lowest BCUT2D eigenvalue weighted by Gasteiger charge is -2.26. The predicted molar refractivity (Wildman–Crippen MR) is 96.1 cm³/mol. The van der Waals surface area contributed by atoms with Gasteiger partial charge in [-0.05, 0) is 41.3 Å². The molecule has 7 nitrogen and oxygen atoms in total. The average molecular weight is 392 g/mol. The quantitative estimate of drug-likeness (QED) is 0.808. The third-order valence-corrected chi connectivity index (χ3v) is 6.09. The molecule has 3 rings (SSSR count). The van der Waals surface area contributed by atoms with E-state index in [9.17, 15) is 22.7 Å². The fraction of sp³-hybridized carbons (Fsp3) is 0.222. The zero-order valence-corrected chi connectivity index (χ0v) is 15.0. The van der Waals surface area contributed by atoms with Gasteiger partial charge in [-0.2, -0.15) is 4.31 Å². The summed E-state index contributed by atoms with van der Waals surface area (Å²) in [6.07, 6.45) is 3.45. The summed E-state index contributed by atoms with van der Waals surface area (Å²) in [5, 5.41) is 18.6. The number of aromatic nitrogens is 1. The van der Waals surface area contributed by atoms with E-state index in [0.717, 1.165) is 5.57 Å². The Morgan fingerprint density at radius 2 is 1.96 bits per heavy atom. The molecular formula is C18H17FN2O5S. The van der Waals surface area contributed by atoms with E-state index in [1.54, 1.807) is 6.08 Å². The number of carboxylic acids is 1. The number of aromatic hydroxyl groups is 1. The van der Waals surface area contributed by atoms with Crippen molar-refractivity contribution in [2.24, 2.45) is 0 Å². The van der Waals surface area contributed by atoms with Gasteiger partial charge in [-0.1, -0.05) is 18.2 Å². The maximum Gasteiger partial charge on any atom is 0.358 e. The van der Waals surface area contributed by atoms with Crippen LogP contribution in [0.3, 0.4) is 0 Å². The first-order chi connectivity index (χ1) is 12.8. The number of hydrogen-bond acceptors (Lipinski definition) is 5. The van der Waals surface area contributed by atoms with Crippen LogP contribution in [0.4, 0.5) is 4.39 Å². The lowest BCUT2D eigenvalue weighted by atomic mass is 10.0. The van der Waals surface area contributed by atoms with Gasteiger partial charge in [0.05, 0.1) is 5.75 Å². The number of carboxylic acid groups (broad SMARTS) is 1. The standard InChI is InChI=1S/C18H17FN2O5S/c19-15-3-1-12(2-4-15)11-27(25,26)21-7-5-13(6-8-21)14-9-16(22)17(18(23)24)20-10-14/h1-5,9-10,22H,6-8,11H2,(H,23,24). The van der Waals surface area contributed by atoms with Crippen LogP contribution in [0.25, 0.3) is 5.57 Å². The van der Waals surface area contributed by atoms with Crippen LogP contribution in [-0.2, 0) is 15.8 Å². The molecule has 1 aromatic heterocycles. The molecule has 0 unspecified atom stereocenters. The Labute approximate surface area is 155 Å². The number of sulfonamides is 1. The van der Waals surface area contributed by atoms with E-state index < -0.39 is 33.3 Å². The van der Waals surface area contributed by atoms with Crippen LogP contribution >= 0.6 is 0 Å². The fourth-order valence-corrected chi connectivity index (χ4v) is 4.31. The van der Waals surface area contributed by atoms with Gasteiger partial charge in [0, 0.05) is 19.3 Å². The molecule has 0 aliphatic carbocycles. The van der Waals surface area contributed by atoms with Crippen LogP contribution in [0.1, 0.15) is 28.0 Å². The molecule has 0 amide bonds. The number of halogens is 1. The van der Waals surface area contributed by atoms with E-state index >= 15 is 0 Å². The van der Waals surface area contributed by atoms with Crippen molar-refractivity contribution in [1.82, 2.24) is 9.29 Å². The largest absolute Gasteiger partial charge is 0.505 e. The number of benzene rings is 1. The maximum absolute atomic E-state index is 13.0. The Bertz CT molecular complexity index is 1000. The highest BCUT2D eigenvalue weighted by Crippen LogP contribution is 2.27. The molecule has 142 valence electrons. The van der Waals surface area contributed by atoms with Gasteiger partial charge in [0.2, 0.25) is 10.0 Å². The second-order valence-electron chi connectivity index (χ2n) is 6.12. The minimum absolute atomic E-state index is 0.153. The molecule has 0 radical (unpaired) electrons. The number of rotatable bonds is 5. The van der Waals surface area contributed by atoms with Crippen molar-refractivity contribution in [2.45, 2.75) is 12.2 Å². The van der Waals surface area contributed by atoms with Crippen LogP contribution in [0, 0.1) is 5.82 Å². The Hall–Kier alpha value is -2.78. The first-order valence-electron chi connectivity index (χ1n) is 8.10. The van der Waals surface area contributed by atoms with Crippen molar-refractivity contribution < 1.29 is 27.8 Å². The van der Waals surface area contributed by atoms with E-state index in [1.807, 2.05) is 0 Å². The Kier molecular flexibility index (Phi) is 5.24. The number of carbonyl (C=O) groups is 1. The van der Waals surface area contributed by atoms with Gasteiger partial charge in [0.15, 0.2) is 5.69 Å². The van der Waals surface area contributed by atoms with Crippen molar-refractivity contribution in [2.75, 3.05) is 13.1 Å². The summed E-state index contributed by atoms with van der Waals surface area (Å²) in [6.45, 7) is 0.400. The van der Waals surface area contributed by atoms with Crippen molar-refractivity contribution in [3.8, 4) is 5.75 Å². The summed E-state index contributed by atoms with van der Waals surface area (Å²) in [5.41, 5.74) is 1.40. The van der Waals surface area contributed by atoms with Crippen LogP contribution < -0.4 is 0 Å². The SMILES string of the molecule is O=C(O)c1ncc(C2=CCN(S(=O)(=O)Cc3ccc(F)cc3)CC2)cc1O. The van der Waals surface area contributed by atoms with E-state index in [1.165, 1.54) is 40.8 Å². The molecule has 1 aromatic carbocycles. The maximum atomic E-state index is 13.0. The Morgan fingerprint density at radius 1 is 1.26 bits per heavy atom. The lowest BCUT2D eigenvalue weighted by Crippen LogP contribution is -2.35. The van der Waals surface area contributed by atoms with Crippen LogP contribution in [0.2, 0.25) is 0 Å². The number of pyridine rings is 1. The molecule has 0 fully saturated rings. The van der Waals surface area contributed by atoms with Gasteiger partial charge >= 0.3 is 5.97 Å². The van der Waals surface area contributed by atoms with Gasteiger partial charge in [0.25, 0.3) is 0 Å². The monoisotopic (exact) mass is 392 g/mol. The average Bonchev–Trinajstić information content (AvgIpc) is 2.63. The highest BCUT2D eigenvalue weighted by Gasteiger charge is 2.25. The molecule has 1 aliphatic heterocycles. The topological polar surface area (TPSA) is 108 Å². The van der Waals surface area contributed by atoms with Crippen molar-refractivity contribution in [3.63, 3.8) is 0 Å². The molecular weight excluding hydrogens is 375 g/mol. The van der Waals surface area contributed by atoms with Crippen LogP contribution in [-0.4, -0.2) is 47.0 Å². The molecule has 2 heterocycles. The summed E-state index contributed by atoms with van der Waals surface area (Å²) >= 11 is 0. The van der Waals surface area contributed by atoms with E-state index in [4.69, 9.17) is 5.11 Å². The molecule has 2 aromatic rings. The molecule has 1 aliphatic rings. The van der Waals surface area contributed by atoms with Gasteiger partial charge in [-0.25, -0.2) is 22.6 Å². The Balaban J connectivity index is 1.73. The highest BCUT2D eigenvalue weighted by atomic mass is 32.2. The Morgan fingerprint density at radius 3 is 2.52 bits per heavy atom. The zero-order chi connectivity index (χ0) is 19.6. The first kappa shape index (κ1) is 19.0. The summed E-state index contributed by atoms with van der Waals surface area (Å²) < 4.78 is 39.4. The molecule has 0 saturated heterocycles. The molecule has 9 heteroatoms. The summed E-state index contributed by atoms with van der Waals surface area (Å²) in [7, 11) is -3.56. The molecule has 0 atom stereocenters. The van der Waals surface area contributed by atoms with E-state index in [-0.39, 0.29) is 18.8 Å². The molecule has 0 spiro atoms. The summed E-state index contributed by atoms with van der Waals surface area (Å²) in [4.78, 5) is 14.6. The molecule has 0 bridgehead atoms. The highest BCUT2D eigenvalue weighted by molar-refractivity contribution is 7.88. The van der Waals surface area contributed by atoms with E-state index in [2.05, 4.69) is 4.98 Å².